The third-order valence-corrected chi connectivity index (χ3v) is 4.71. The Labute approximate surface area is 192 Å². The number of carboxylic acid groups (broad SMARTS) is 1. The van der Waals surface area contributed by atoms with E-state index in [1.165, 1.54) is 0 Å². The molecule has 0 aromatic heterocycles. The molecule has 0 heterocycles. The highest BCUT2D eigenvalue weighted by Gasteiger charge is 2.29. The molecule has 0 bridgehead atoms. The fraction of sp³-hybridized carbons (Fsp3) is 0.500. The highest BCUT2D eigenvalue weighted by atomic mass is 16.4. The molecule has 0 aliphatic heterocycles. The molecule has 11 heteroatoms. The molecule has 4 amide bonds. The van der Waals surface area contributed by atoms with Gasteiger partial charge in [0.15, 0.2) is 0 Å². The van der Waals surface area contributed by atoms with Crippen molar-refractivity contribution in [2.75, 3.05) is 6.54 Å². The van der Waals surface area contributed by atoms with E-state index in [-0.39, 0.29) is 31.6 Å². The van der Waals surface area contributed by atoms with E-state index in [4.69, 9.17) is 16.6 Å². The average molecular weight is 464 g/mol. The third-order valence-electron chi connectivity index (χ3n) is 4.71. The van der Waals surface area contributed by atoms with E-state index in [9.17, 15) is 24.0 Å². The van der Waals surface area contributed by atoms with Gasteiger partial charge in [-0.25, -0.2) is 0 Å². The number of primary amides is 1. The number of carboxylic acids is 1. The van der Waals surface area contributed by atoms with E-state index in [0.29, 0.717) is 0 Å². The molecule has 0 spiro atoms. The normalized spacial score (nSPS) is 13.5. The summed E-state index contributed by atoms with van der Waals surface area (Å²) >= 11 is 0. The van der Waals surface area contributed by atoms with Gasteiger partial charge >= 0.3 is 5.97 Å². The van der Waals surface area contributed by atoms with Crippen LogP contribution in [-0.4, -0.2) is 59.4 Å². The summed E-state index contributed by atoms with van der Waals surface area (Å²) in [6, 6.07) is 5.85. The summed E-state index contributed by atoms with van der Waals surface area (Å²) in [5.41, 5.74) is 11.7. The molecule has 0 saturated carbocycles. The van der Waals surface area contributed by atoms with E-state index < -0.39 is 54.3 Å². The van der Waals surface area contributed by atoms with Crippen LogP contribution in [0.2, 0.25) is 0 Å². The van der Waals surface area contributed by atoms with E-state index in [2.05, 4.69) is 16.0 Å². The average Bonchev–Trinajstić information content (AvgIpc) is 2.74. The first-order valence-corrected chi connectivity index (χ1v) is 10.7. The minimum atomic E-state index is -1.21. The van der Waals surface area contributed by atoms with E-state index in [0.717, 1.165) is 5.56 Å². The summed E-state index contributed by atoms with van der Waals surface area (Å²) in [5.74, 6) is -3.68. The van der Waals surface area contributed by atoms with Gasteiger partial charge in [0.25, 0.3) is 0 Å². The quantitative estimate of drug-likeness (QED) is 0.204. The first-order valence-electron chi connectivity index (χ1n) is 10.7. The number of carbonyl (C=O) groups is 5. The predicted octanol–water partition coefficient (Wildman–Crippen LogP) is -0.962. The van der Waals surface area contributed by atoms with Gasteiger partial charge in [0, 0.05) is 12.8 Å². The van der Waals surface area contributed by atoms with Gasteiger partial charge in [0.1, 0.15) is 18.6 Å². The summed E-state index contributed by atoms with van der Waals surface area (Å²) in [5, 5.41) is 16.3. The fourth-order valence-electron chi connectivity index (χ4n) is 3.03. The zero-order valence-electron chi connectivity index (χ0n) is 18.9. The van der Waals surface area contributed by atoms with Crippen molar-refractivity contribution in [3.05, 3.63) is 35.9 Å². The van der Waals surface area contributed by atoms with Crippen LogP contribution in [0.1, 0.15) is 38.7 Å². The van der Waals surface area contributed by atoms with Gasteiger partial charge in [0.05, 0.1) is 6.04 Å². The van der Waals surface area contributed by atoms with Gasteiger partial charge in [-0.05, 0) is 24.3 Å². The van der Waals surface area contributed by atoms with Crippen LogP contribution in [0, 0.1) is 5.92 Å². The largest absolute Gasteiger partial charge is 0.480 e. The molecule has 3 atom stereocenters. The summed E-state index contributed by atoms with van der Waals surface area (Å²) in [4.78, 5) is 59.8. The van der Waals surface area contributed by atoms with Crippen LogP contribution in [-0.2, 0) is 30.4 Å². The standard InChI is InChI=1S/C22H33N5O6/c1-13(2)10-16(21(32)25-12-19(29)30)27-22(33)17(11-14-6-4-3-5-7-14)26-20(31)15(23)8-9-18(24)28/h3-7,13,15-17H,8-12,23H2,1-2H3,(H2,24,28)(H,25,32)(H,26,31)(H,27,33)(H,29,30). The zero-order valence-corrected chi connectivity index (χ0v) is 18.9. The molecule has 3 unspecified atom stereocenters. The number of hydrogen-bond acceptors (Lipinski definition) is 6. The first-order chi connectivity index (χ1) is 15.5. The number of rotatable bonds is 14. The molecule has 0 fully saturated rings. The Kier molecular flexibility index (Phi) is 11.6. The zero-order chi connectivity index (χ0) is 25.0. The van der Waals surface area contributed by atoms with Crippen molar-refractivity contribution in [2.24, 2.45) is 17.4 Å². The molecular formula is C22H33N5O6. The van der Waals surface area contributed by atoms with Crippen molar-refractivity contribution in [2.45, 2.75) is 57.7 Å². The molecule has 182 valence electrons. The monoisotopic (exact) mass is 463 g/mol. The lowest BCUT2D eigenvalue weighted by Gasteiger charge is -2.25. The van der Waals surface area contributed by atoms with E-state index >= 15 is 0 Å². The molecule has 0 saturated heterocycles. The Morgan fingerprint density at radius 2 is 1.55 bits per heavy atom. The molecule has 1 aromatic rings. The van der Waals surface area contributed by atoms with Crippen LogP contribution in [0.3, 0.4) is 0 Å². The lowest BCUT2D eigenvalue weighted by molar-refractivity contribution is -0.138. The maximum absolute atomic E-state index is 13.1. The molecule has 0 radical (unpaired) electrons. The Bertz CT molecular complexity index is 830. The van der Waals surface area contributed by atoms with Crippen LogP contribution < -0.4 is 27.4 Å². The molecule has 1 aromatic carbocycles. The molecular weight excluding hydrogens is 430 g/mol. The molecule has 1 rings (SSSR count). The van der Waals surface area contributed by atoms with Crippen molar-refractivity contribution in [1.82, 2.24) is 16.0 Å². The first kappa shape index (κ1) is 27.6. The van der Waals surface area contributed by atoms with Gasteiger partial charge in [-0.3, -0.25) is 24.0 Å². The molecule has 33 heavy (non-hydrogen) atoms. The van der Waals surface area contributed by atoms with Gasteiger partial charge in [-0.15, -0.1) is 0 Å². The molecule has 0 aliphatic carbocycles. The van der Waals surface area contributed by atoms with Crippen molar-refractivity contribution >= 4 is 29.6 Å². The Morgan fingerprint density at radius 3 is 2.09 bits per heavy atom. The lowest BCUT2D eigenvalue weighted by atomic mass is 10.0. The van der Waals surface area contributed by atoms with E-state index in [1.54, 1.807) is 24.3 Å². The molecule has 8 N–H and O–H groups in total. The number of carbonyl (C=O) groups excluding carboxylic acids is 4. The fourth-order valence-corrected chi connectivity index (χ4v) is 3.03. The number of amides is 4. The van der Waals surface area contributed by atoms with E-state index in [1.807, 2.05) is 19.9 Å². The van der Waals surface area contributed by atoms with Gasteiger partial charge < -0.3 is 32.5 Å². The number of benzene rings is 1. The van der Waals surface area contributed by atoms with Crippen LogP contribution in [0.5, 0.6) is 0 Å². The summed E-state index contributed by atoms with van der Waals surface area (Å²) in [6.07, 6.45) is 0.339. The second kappa shape index (κ2) is 13.8. The second-order valence-electron chi connectivity index (χ2n) is 8.16. The lowest BCUT2D eigenvalue weighted by Crippen LogP contribution is -2.57. The molecule has 0 aliphatic rings. The van der Waals surface area contributed by atoms with Gasteiger partial charge in [-0.2, -0.15) is 0 Å². The van der Waals surface area contributed by atoms with Gasteiger partial charge in [0.2, 0.25) is 23.6 Å². The van der Waals surface area contributed by atoms with Crippen LogP contribution in [0.25, 0.3) is 0 Å². The smallest absolute Gasteiger partial charge is 0.322 e. The second-order valence-corrected chi connectivity index (χ2v) is 8.16. The highest BCUT2D eigenvalue weighted by Crippen LogP contribution is 2.08. The van der Waals surface area contributed by atoms with Crippen molar-refractivity contribution in [3.8, 4) is 0 Å². The maximum Gasteiger partial charge on any atom is 0.322 e. The van der Waals surface area contributed by atoms with Gasteiger partial charge in [-0.1, -0.05) is 44.2 Å². The predicted molar refractivity (Wildman–Crippen MR) is 121 cm³/mol. The topological polar surface area (TPSA) is 194 Å². The van der Waals surface area contributed by atoms with Crippen molar-refractivity contribution in [3.63, 3.8) is 0 Å². The van der Waals surface area contributed by atoms with Crippen molar-refractivity contribution in [1.29, 1.82) is 0 Å². The Balaban J connectivity index is 2.99. The Hall–Kier alpha value is -3.47. The Morgan fingerprint density at radius 1 is 0.939 bits per heavy atom. The van der Waals surface area contributed by atoms with Crippen LogP contribution >= 0.6 is 0 Å². The summed E-state index contributed by atoms with van der Waals surface area (Å²) in [7, 11) is 0. The number of aliphatic carboxylic acids is 1. The maximum atomic E-state index is 13.1. The third kappa shape index (κ3) is 11.1. The summed E-state index contributed by atoms with van der Waals surface area (Å²) in [6.45, 7) is 3.12. The highest BCUT2D eigenvalue weighted by molar-refractivity contribution is 5.94. The molecule has 11 nitrogen and oxygen atoms in total. The minimum Gasteiger partial charge on any atom is -0.480 e. The van der Waals surface area contributed by atoms with Crippen LogP contribution in [0.4, 0.5) is 0 Å². The van der Waals surface area contributed by atoms with Crippen molar-refractivity contribution < 1.29 is 29.1 Å². The van der Waals surface area contributed by atoms with Crippen LogP contribution in [0.15, 0.2) is 30.3 Å². The number of nitrogens with one attached hydrogen (secondary N) is 3. The number of nitrogens with two attached hydrogens (primary N) is 2. The SMILES string of the molecule is CC(C)CC(NC(=O)C(Cc1ccccc1)NC(=O)C(N)CCC(N)=O)C(=O)NCC(=O)O. The summed E-state index contributed by atoms with van der Waals surface area (Å²) < 4.78 is 0. The minimum absolute atomic E-state index is 0.0222. The number of hydrogen-bond donors (Lipinski definition) is 6.